The molecule has 0 aliphatic rings. The molecule has 0 heterocycles. The van der Waals surface area contributed by atoms with E-state index in [1.807, 2.05) is 13.8 Å². The standard InChI is InChI=1S/C12H16O3/c1-3-5-9-8(4-2)10(12(14)15)6-7-11(9)13/h6-7,13H,3-5H2,1-2H3,(H,14,15). The first kappa shape index (κ1) is 11.6. The lowest BCUT2D eigenvalue weighted by Crippen LogP contribution is -2.05. The fraction of sp³-hybridized carbons (Fsp3) is 0.417. The molecule has 1 aromatic rings. The average molecular weight is 208 g/mol. The third-order valence-corrected chi connectivity index (χ3v) is 2.49. The number of aromatic hydroxyl groups is 1. The average Bonchev–Trinajstić information content (AvgIpc) is 2.20. The molecule has 82 valence electrons. The van der Waals surface area contributed by atoms with Crippen molar-refractivity contribution in [3.63, 3.8) is 0 Å². The van der Waals surface area contributed by atoms with Crippen LogP contribution in [0.1, 0.15) is 41.8 Å². The van der Waals surface area contributed by atoms with E-state index in [0.717, 1.165) is 24.0 Å². The minimum atomic E-state index is -0.927. The maximum Gasteiger partial charge on any atom is 0.335 e. The first-order chi connectivity index (χ1) is 7.11. The first-order valence-electron chi connectivity index (χ1n) is 5.18. The van der Waals surface area contributed by atoms with Gasteiger partial charge in [0.1, 0.15) is 5.75 Å². The summed E-state index contributed by atoms with van der Waals surface area (Å²) in [5.74, 6) is -0.720. The summed E-state index contributed by atoms with van der Waals surface area (Å²) in [7, 11) is 0. The van der Waals surface area contributed by atoms with Crippen molar-refractivity contribution in [2.24, 2.45) is 0 Å². The second-order valence-corrected chi connectivity index (χ2v) is 3.50. The van der Waals surface area contributed by atoms with Crippen LogP contribution in [-0.2, 0) is 12.8 Å². The molecule has 0 aliphatic heterocycles. The number of carbonyl (C=O) groups is 1. The number of rotatable bonds is 4. The van der Waals surface area contributed by atoms with Crippen molar-refractivity contribution < 1.29 is 15.0 Å². The lowest BCUT2D eigenvalue weighted by atomic mass is 9.95. The van der Waals surface area contributed by atoms with E-state index in [1.54, 1.807) is 0 Å². The molecule has 15 heavy (non-hydrogen) atoms. The van der Waals surface area contributed by atoms with Crippen LogP contribution < -0.4 is 0 Å². The Morgan fingerprint density at radius 2 is 1.93 bits per heavy atom. The molecule has 0 saturated heterocycles. The summed E-state index contributed by atoms with van der Waals surface area (Å²) < 4.78 is 0. The van der Waals surface area contributed by atoms with Gasteiger partial charge in [-0.3, -0.25) is 0 Å². The van der Waals surface area contributed by atoms with E-state index in [-0.39, 0.29) is 5.75 Å². The predicted octanol–water partition coefficient (Wildman–Crippen LogP) is 2.61. The predicted molar refractivity (Wildman–Crippen MR) is 58.4 cm³/mol. The molecule has 0 spiro atoms. The summed E-state index contributed by atoms with van der Waals surface area (Å²) in [6.45, 7) is 3.91. The number of benzene rings is 1. The Kier molecular flexibility index (Phi) is 3.72. The SMILES string of the molecule is CCCc1c(O)ccc(C(=O)O)c1CC. The Morgan fingerprint density at radius 1 is 1.27 bits per heavy atom. The number of hydrogen-bond acceptors (Lipinski definition) is 2. The molecule has 0 saturated carbocycles. The zero-order chi connectivity index (χ0) is 11.4. The molecule has 2 N–H and O–H groups in total. The van der Waals surface area contributed by atoms with Crippen molar-refractivity contribution in [2.75, 3.05) is 0 Å². The van der Waals surface area contributed by atoms with Crippen molar-refractivity contribution in [1.29, 1.82) is 0 Å². The van der Waals surface area contributed by atoms with Crippen molar-refractivity contribution in [3.8, 4) is 5.75 Å². The molecule has 0 aliphatic carbocycles. The van der Waals surface area contributed by atoms with Gasteiger partial charge in [0, 0.05) is 0 Å². The highest BCUT2D eigenvalue weighted by Gasteiger charge is 2.15. The van der Waals surface area contributed by atoms with Gasteiger partial charge in [0.15, 0.2) is 0 Å². The van der Waals surface area contributed by atoms with Crippen LogP contribution in [0.2, 0.25) is 0 Å². The highest BCUT2D eigenvalue weighted by Crippen LogP contribution is 2.26. The fourth-order valence-corrected chi connectivity index (χ4v) is 1.81. The number of carboxylic acid groups (broad SMARTS) is 1. The van der Waals surface area contributed by atoms with Crippen LogP contribution in [-0.4, -0.2) is 16.2 Å². The van der Waals surface area contributed by atoms with Gasteiger partial charge in [-0.1, -0.05) is 20.3 Å². The van der Waals surface area contributed by atoms with Crippen molar-refractivity contribution >= 4 is 5.97 Å². The lowest BCUT2D eigenvalue weighted by molar-refractivity contribution is 0.0695. The molecule has 0 unspecified atom stereocenters. The van der Waals surface area contributed by atoms with Gasteiger partial charge in [-0.15, -0.1) is 0 Å². The Hall–Kier alpha value is -1.51. The van der Waals surface area contributed by atoms with E-state index in [0.29, 0.717) is 12.0 Å². The smallest absolute Gasteiger partial charge is 0.335 e. The number of aromatic carboxylic acids is 1. The highest BCUT2D eigenvalue weighted by molar-refractivity contribution is 5.90. The fourth-order valence-electron chi connectivity index (χ4n) is 1.81. The van der Waals surface area contributed by atoms with Crippen LogP contribution in [0.3, 0.4) is 0 Å². The van der Waals surface area contributed by atoms with Crippen molar-refractivity contribution in [1.82, 2.24) is 0 Å². The molecule has 0 radical (unpaired) electrons. The van der Waals surface area contributed by atoms with Gasteiger partial charge < -0.3 is 10.2 Å². The molecule has 1 rings (SSSR count). The van der Waals surface area contributed by atoms with Crippen LogP contribution in [0.25, 0.3) is 0 Å². The van der Waals surface area contributed by atoms with E-state index in [9.17, 15) is 9.90 Å². The number of carboxylic acids is 1. The van der Waals surface area contributed by atoms with Crippen LogP contribution in [0.5, 0.6) is 5.75 Å². The van der Waals surface area contributed by atoms with Gasteiger partial charge in [0.2, 0.25) is 0 Å². The zero-order valence-electron chi connectivity index (χ0n) is 9.08. The van der Waals surface area contributed by atoms with Crippen molar-refractivity contribution in [3.05, 3.63) is 28.8 Å². The molecule has 0 fully saturated rings. The Morgan fingerprint density at radius 3 is 2.40 bits per heavy atom. The zero-order valence-corrected chi connectivity index (χ0v) is 9.08. The maximum absolute atomic E-state index is 11.0. The Labute approximate surface area is 89.4 Å². The van der Waals surface area contributed by atoms with Crippen molar-refractivity contribution in [2.45, 2.75) is 33.1 Å². The Bertz CT molecular complexity index is 369. The molecular weight excluding hydrogens is 192 g/mol. The van der Waals surface area contributed by atoms with Gasteiger partial charge in [-0.25, -0.2) is 4.79 Å². The van der Waals surface area contributed by atoms with E-state index in [4.69, 9.17) is 5.11 Å². The third-order valence-electron chi connectivity index (χ3n) is 2.49. The third kappa shape index (κ3) is 2.29. The quantitative estimate of drug-likeness (QED) is 0.799. The van der Waals surface area contributed by atoms with E-state index in [1.165, 1.54) is 12.1 Å². The molecule has 3 nitrogen and oxygen atoms in total. The largest absolute Gasteiger partial charge is 0.508 e. The minimum absolute atomic E-state index is 0.207. The second-order valence-electron chi connectivity index (χ2n) is 3.50. The molecule has 0 atom stereocenters. The van der Waals surface area contributed by atoms with Crippen LogP contribution in [0, 0.1) is 0 Å². The summed E-state index contributed by atoms with van der Waals surface area (Å²) >= 11 is 0. The molecule has 0 bridgehead atoms. The first-order valence-corrected chi connectivity index (χ1v) is 5.18. The summed E-state index contributed by atoms with van der Waals surface area (Å²) in [5, 5.41) is 18.7. The molecule has 0 amide bonds. The molecule has 3 heteroatoms. The van der Waals surface area contributed by atoms with Gasteiger partial charge in [-0.05, 0) is 36.1 Å². The number of phenols is 1. The van der Waals surface area contributed by atoms with E-state index >= 15 is 0 Å². The molecular formula is C12H16O3. The molecule has 1 aromatic carbocycles. The maximum atomic E-state index is 11.0. The van der Waals surface area contributed by atoms with Gasteiger partial charge >= 0.3 is 5.97 Å². The van der Waals surface area contributed by atoms with E-state index < -0.39 is 5.97 Å². The topological polar surface area (TPSA) is 57.5 Å². The van der Waals surface area contributed by atoms with E-state index in [2.05, 4.69) is 0 Å². The van der Waals surface area contributed by atoms with Crippen LogP contribution >= 0.6 is 0 Å². The normalized spacial score (nSPS) is 10.3. The number of phenolic OH excluding ortho intramolecular Hbond substituents is 1. The van der Waals surface area contributed by atoms with Gasteiger partial charge in [-0.2, -0.15) is 0 Å². The van der Waals surface area contributed by atoms with Crippen LogP contribution in [0.4, 0.5) is 0 Å². The summed E-state index contributed by atoms with van der Waals surface area (Å²) in [6, 6.07) is 2.93. The summed E-state index contributed by atoms with van der Waals surface area (Å²) in [4.78, 5) is 11.0. The van der Waals surface area contributed by atoms with Gasteiger partial charge in [0.05, 0.1) is 5.56 Å². The monoisotopic (exact) mass is 208 g/mol. The summed E-state index contributed by atoms with van der Waals surface area (Å²) in [6.07, 6.45) is 2.24. The van der Waals surface area contributed by atoms with Crippen LogP contribution in [0.15, 0.2) is 12.1 Å². The lowest BCUT2D eigenvalue weighted by Gasteiger charge is -2.12. The Balaban J connectivity index is 3.33. The van der Waals surface area contributed by atoms with Gasteiger partial charge in [0.25, 0.3) is 0 Å². The summed E-state index contributed by atoms with van der Waals surface area (Å²) in [5.41, 5.74) is 1.84. The highest BCUT2D eigenvalue weighted by atomic mass is 16.4. The molecule has 0 aromatic heterocycles. The number of hydrogen-bond donors (Lipinski definition) is 2. The second kappa shape index (κ2) is 4.82. The minimum Gasteiger partial charge on any atom is -0.508 e.